The Morgan fingerprint density at radius 2 is 0.450 bits per heavy atom. The van der Waals surface area contributed by atoms with E-state index in [1.54, 1.807) is 0 Å². The van der Waals surface area contributed by atoms with Gasteiger partial charge in [-0.15, -0.1) is 0 Å². The van der Waals surface area contributed by atoms with E-state index in [2.05, 4.69) is 248 Å². The van der Waals surface area contributed by atoms with Gasteiger partial charge in [0.1, 0.15) is 0 Å². The van der Waals surface area contributed by atoms with Crippen molar-refractivity contribution in [1.29, 1.82) is 0 Å². The van der Waals surface area contributed by atoms with Gasteiger partial charge in [0.2, 0.25) is 0 Å². The molecule has 0 aliphatic rings. The Morgan fingerprint density at radius 3 is 0.567 bits per heavy atom. The SMILES string of the molecule is C[Si](C)(C)CCP(c1ccccc1)c1ccccc1.C[Si](C)(C)CCP(c1ccccc1)c1ccccc1.C[Si](C)(C)CCP(c1ccccc1)c1ccccc1.[C]=O.[H-].[H-].[H-].[Rh+3]. The Kier molecular flexibility index (Phi) is 25.3. The number of hydrogen-bond donors (Lipinski definition) is 0. The van der Waals surface area contributed by atoms with Gasteiger partial charge in [-0.2, -0.15) is 0 Å². The maximum atomic E-state index is 7.50. The second kappa shape index (κ2) is 28.3. The molecule has 60 heavy (non-hydrogen) atoms. The molecule has 0 aliphatic carbocycles. The van der Waals surface area contributed by atoms with Crippen molar-refractivity contribution in [1.82, 2.24) is 0 Å². The summed E-state index contributed by atoms with van der Waals surface area (Å²) in [5, 5.41) is 9.09. The van der Waals surface area contributed by atoms with Gasteiger partial charge >= 0.3 is 19.5 Å². The van der Waals surface area contributed by atoms with Crippen LogP contribution in [0.1, 0.15) is 4.28 Å². The summed E-state index contributed by atoms with van der Waals surface area (Å²) >= 11 is 0. The molecule has 6 aromatic rings. The second-order valence-corrected chi connectivity index (χ2v) is 42.3. The zero-order chi connectivity index (χ0) is 43.2. The normalized spacial score (nSPS) is 11.3. The van der Waals surface area contributed by atoms with Gasteiger partial charge in [0.05, 0.1) is 0 Å². The van der Waals surface area contributed by atoms with Gasteiger partial charge in [0, 0.05) is 24.2 Å². The monoisotopic (exact) mass is 992 g/mol. The van der Waals surface area contributed by atoms with Gasteiger partial charge in [0.15, 0.2) is 0 Å². The smallest absolute Gasteiger partial charge is 1.00 e. The topological polar surface area (TPSA) is 17.1 Å². The van der Waals surface area contributed by atoms with Crippen molar-refractivity contribution >= 4 is 86.6 Å². The molecular weight excluding hydrogens is 921 g/mol. The molecule has 2 radical (unpaired) electrons. The predicted molar refractivity (Wildman–Crippen MR) is 285 cm³/mol. The summed E-state index contributed by atoms with van der Waals surface area (Å²) in [5.74, 6) is 0. The van der Waals surface area contributed by atoms with Crippen molar-refractivity contribution in [3.63, 3.8) is 0 Å². The van der Waals surface area contributed by atoms with Gasteiger partial charge < -0.3 is 4.28 Å². The molecule has 322 valence electrons. The molecule has 1 nitrogen and oxygen atoms in total. The molecule has 0 aliphatic heterocycles. The van der Waals surface area contributed by atoms with E-state index in [9.17, 15) is 0 Å². The van der Waals surface area contributed by atoms with Crippen molar-refractivity contribution < 1.29 is 28.6 Å². The minimum absolute atomic E-state index is 0. The van der Waals surface area contributed by atoms with Crippen LogP contribution in [-0.2, 0) is 24.3 Å². The molecule has 0 N–H and O–H groups in total. The molecule has 8 heteroatoms. The molecule has 0 heterocycles. The Bertz CT molecular complexity index is 1620. The van der Waals surface area contributed by atoms with Gasteiger partial charge in [-0.1, -0.05) is 259 Å². The molecule has 0 atom stereocenters. The van der Waals surface area contributed by atoms with Crippen LogP contribution in [0.2, 0.25) is 77.1 Å². The van der Waals surface area contributed by atoms with Crippen LogP contribution in [0.4, 0.5) is 0 Å². The zero-order valence-corrected chi connectivity index (χ0v) is 45.0. The first-order valence-corrected chi connectivity index (χ1v) is 36.7. The van der Waals surface area contributed by atoms with E-state index in [-0.39, 0.29) is 47.5 Å². The minimum atomic E-state index is -0.970. The molecule has 0 bridgehead atoms. The van der Waals surface area contributed by atoms with Crippen LogP contribution in [0, 0.1) is 0 Å². The maximum Gasteiger partial charge on any atom is 3.00 e. The molecule has 0 saturated carbocycles. The van der Waals surface area contributed by atoms with Crippen LogP contribution < -0.4 is 31.8 Å². The van der Waals surface area contributed by atoms with Crippen molar-refractivity contribution in [3.05, 3.63) is 182 Å². The maximum absolute atomic E-state index is 7.50. The number of hydrogen-bond acceptors (Lipinski definition) is 1. The van der Waals surface area contributed by atoms with Gasteiger partial charge in [0.25, 0.3) is 6.79 Å². The summed E-state index contributed by atoms with van der Waals surface area (Å²) < 4.78 is 0. The van der Waals surface area contributed by atoms with Crippen LogP contribution in [0.5, 0.6) is 0 Å². The van der Waals surface area contributed by atoms with Crippen LogP contribution >= 0.6 is 23.8 Å². The van der Waals surface area contributed by atoms with Crippen LogP contribution in [0.15, 0.2) is 182 Å². The number of rotatable bonds is 15. The molecule has 6 aromatic carbocycles. The average Bonchev–Trinajstić information content (AvgIpc) is 3.23. The largest absolute Gasteiger partial charge is 3.00 e. The molecule has 0 fully saturated rings. The van der Waals surface area contributed by atoms with E-state index < -0.39 is 24.2 Å². The molecule has 0 spiro atoms. The first-order chi connectivity index (χ1) is 28.2. The summed E-state index contributed by atoms with van der Waals surface area (Å²) in [6.07, 6.45) is 4.00. The molecular formula is C52H72OP3RhSi3. The fourth-order valence-electron chi connectivity index (χ4n) is 6.21. The molecule has 0 saturated heterocycles. The van der Waals surface area contributed by atoms with Crippen molar-refractivity contribution in [3.8, 4) is 0 Å². The van der Waals surface area contributed by atoms with E-state index in [1.807, 2.05) is 0 Å². The second-order valence-electron chi connectivity index (χ2n) is 18.4. The summed E-state index contributed by atoms with van der Waals surface area (Å²) in [6.45, 7) is 26.7. The quantitative estimate of drug-likeness (QED) is 0.0740. The Hall–Kier alpha value is -2.45. The van der Waals surface area contributed by atoms with E-state index in [1.165, 1.54) is 68.4 Å². The minimum Gasteiger partial charge on any atom is -1.00 e. The fraction of sp³-hybridized carbons (Fsp3) is 0.288. The van der Waals surface area contributed by atoms with Crippen molar-refractivity contribution in [2.24, 2.45) is 0 Å². The van der Waals surface area contributed by atoms with E-state index in [0.717, 1.165) is 0 Å². The number of benzene rings is 6. The molecule has 0 aromatic heterocycles. The van der Waals surface area contributed by atoms with E-state index in [4.69, 9.17) is 4.79 Å². The van der Waals surface area contributed by atoms with Crippen molar-refractivity contribution in [2.45, 2.75) is 77.1 Å². The van der Waals surface area contributed by atoms with Crippen LogP contribution in [0.25, 0.3) is 0 Å². The molecule has 6 rings (SSSR count). The van der Waals surface area contributed by atoms with Crippen LogP contribution in [0.3, 0.4) is 0 Å². The molecule has 0 amide bonds. The molecule has 0 unspecified atom stereocenters. The standard InChI is InChI=1S/3C17H23PSi.CO.Rh.3H/c3*1-19(2,3)15-14-18(16-10-6-4-7-11-16)17-12-8-5-9-13-17;1-2;;;;/h3*4-13H,14-15H2,1-3H3;;;;;/q;;;;+3;3*-1. The van der Waals surface area contributed by atoms with E-state index in [0.29, 0.717) is 0 Å². The Morgan fingerprint density at radius 1 is 0.317 bits per heavy atom. The first kappa shape index (κ1) is 53.7. The van der Waals surface area contributed by atoms with Gasteiger partial charge in [-0.25, -0.2) is 0 Å². The third kappa shape index (κ3) is 21.6. The summed E-state index contributed by atoms with van der Waals surface area (Å²) in [5.41, 5.74) is 0. The zero-order valence-electron chi connectivity index (χ0n) is 40.6. The predicted octanol–water partition coefficient (Wildman–Crippen LogP) is 13.3. The van der Waals surface area contributed by atoms with Crippen molar-refractivity contribution in [2.75, 3.05) is 18.5 Å². The Balaban J connectivity index is 0. The average molecular weight is 993 g/mol. The van der Waals surface area contributed by atoms with E-state index >= 15 is 0 Å². The van der Waals surface area contributed by atoms with Gasteiger partial charge in [-0.3, -0.25) is 4.79 Å². The third-order valence-electron chi connectivity index (χ3n) is 9.66. The summed E-state index contributed by atoms with van der Waals surface area (Å²) in [4.78, 5) is 7.50. The third-order valence-corrected chi connectivity index (χ3v) is 23.7. The Labute approximate surface area is 390 Å². The first-order valence-electron chi connectivity index (χ1n) is 21.0. The summed E-state index contributed by atoms with van der Waals surface area (Å²) in [6, 6.07) is 70.4. The van der Waals surface area contributed by atoms with Crippen LogP contribution in [-0.4, -0.2) is 49.5 Å². The summed E-state index contributed by atoms with van der Waals surface area (Å²) in [7, 11) is -3.45. The number of carbonyl (C=O) groups excluding carboxylic acids is 1. The van der Waals surface area contributed by atoms with Gasteiger partial charge in [-0.05, 0) is 74.1 Å². The fourth-order valence-corrected chi connectivity index (χ4v) is 22.6.